The molecule has 87 heavy (non-hydrogen) atoms. The average Bonchev–Trinajstić information content (AvgIpc) is 3.65. The summed E-state index contributed by atoms with van der Waals surface area (Å²) >= 11 is 0. The number of phosphoric ester groups is 1. The van der Waals surface area contributed by atoms with Crippen molar-refractivity contribution in [2.75, 3.05) is 26.4 Å². The Morgan fingerprint density at radius 3 is 0.701 bits per heavy atom. The lowest BCUT2D eigenvalue weighted by atomic mass is 10.0. The van der Waals surface area contributed by atoms with Crippen LogP contribution in [-0.4, -0.2) is 49.3 Å². The van der Waals surface area contributed by atoms with E-state index in [4.69, 9.17) is 24.3 Å². The van der Waals surface area contributed by atoms with Crippen LogP contribution in [0.15, 0.2) is 0 Å². The predicted octanol–water partition coefficient (Wildman–Crippen LogP) is 26.1. The number of hydrogen-bond donors (Lipinski definition) is 2. The number of hydrogen-bond acceptors (Lipinski definition) is 8. The Kier molecular flexibility index (Phi) is 73.2. The number of ether oxygens (including phenoxy) is 2. The molecule has 2 atom stereocenters. The zero-order chi connectivity index (χ0) is 63.0. The molecule has 0 radical (unpaired) electrons. The Morgan fingerprint density at radius 2 is 0.494 bits per heavy atom. The second kappa shape index (κ2) is 74.1. The number of phosphoric acid groups is 1. The highest BCUT2D eigenvalue weighted by molar-refractivity contribution is 7.47. The van der Waals surface area contributed by atoms with Gasteiger partial charge in [0, 0.05) is 19.4 Å². The summed E-state index contributed by atoms with van der Waals surface area (Å²) in [5.74, 6) is -0.794. The smallest absolute Gasteiger partial charge is 0.462 e. The fraction of sp³-hybridized carbons (Fsp3) is 0.974. The fourth-order valence-corrected chi connectivity index (χ4v) is 13.4. The van der Waals surface area contributed by atoms with Gasteiger partial charge < -0.3 is 20.1 Å². The molecule has 0 aliphatic heterocycles. The molecule has 0 amide bonds. The molecule has 2 unspecified atom stereocenters. The van der Waals surface area contributed by atoms with E-state index in [1.807, 2.05) is 0 Å². The van der Waals surface area contributed by atoms with Crippen molar-refractivity contribution < 1.29 is 37.6 Å². The Labute approximate surface area is 543 Å². The third-order valence-electron chi connectivity index (χ3n) is 18.5. The SMILES string of the molecule is CCCCCCCCCCCCCCCCCCCCCCCCCCCCCCCCCCCCCCC(=O)OC(COC(=O)CCCCCCCCCCCCCCCCCCCCCCCCCCCCCCCC)COP(=O)(O)OCCN. The molecule has 0 spiro atoms. The maximum atomic E-state index is 12.8. The fourth-order valence-electron chi connectivity index (χ4n) is 12.6. The third kappa shape index (κ3) is 73.9. The van der Waals surface area contributed by atoms with E-state index < -0.39 is 26.5 Å². The zero-order valence-electron chi connectivity index (χ0n) is 58.8. The lowest BCUT2D eigenvalue weighted by Crippen LogP contribution is -2.29. The standard InChI is InChI=1S/C77H154NO8P/c1-3-5-7-9-11-13-15-17-19-21-23-25-27-29-31-33-35-36-37-38-39-40-42-44-46-48-50-52-54-56-58-60-62-64-66-68-70-77(80)86-75(74-85-87(81,82)84-72-71-78)73-83-76(79)69-67-65-63-61-59-57-55-53-51-49-47-45-43-41-34-32-30-28-26-24-22-20-18-16-14-12-10-8-6-4-2/h75H,3-74,78H2,1-2H3,(H,81,82). The first-order valence-corrected chi connectivity index (χ1v) is 41.0. The molecule has 0 aromatic carbocycles. The molecule has 0 aromatic heterocycles. The van der Waals surface area contributed by atoms with Crippen LogP contribution in [0.3, 0.4) is 0 Å². The summed E-state index contributed by atoms with van der Waals surface area (Å²) in [6.45, 7) is 3.86. The molecule has 0 bridgehead atoms. The molecule has 9 nitrogen and oxygen atoms in total. The van der Waals surface area contributed by atoms with Gasteiger partial charge in [-0.15, -0.1) is 0 Å². The minimum Gasteiger partial charge on any atom is -0.462 e. The summed E-state index contributed by atoms with van der Waals surface area (Å²) in [6, 6.07) is 0. The molecule has 3 N–H and O–H groups in total. The lowest BCUT2D eigenvalue weighted by Gasteiger charge is -2.19. The first kappa shape index (κ1) is 86.0. The summed E-state index contributed by atoms with van der Waals surface area (Å²) in [4.78, 5) is 35.4. The highest BCUT2D eigenvalue weighted by Crippen LogP contribution is 2.43. The van der Waals surface area contributed by atoms with Crippen LogP contribution in [0.2, 0.25) is 0 Å². The summed E-state index contributed by atoms with van der Waals surface area (Å²) in [5.41, 5.74) is 5.41. The van der Waals surface area contributed by atoms with Crippen molar-refractivity contribution in [2.24, 2.45) is 5.73 Å². The van der Waals surface area contributed by atoms with Crippen LogP contribution < -0.4 is 5.73 Å². The molecular weight excluding hydrogens is 1100 g/mol. The van der Waals surface area contributed by atoms with Gasteiger partial charge in [0.25, 0.3) is 0 Å². The summed E-state index contributed by atoms with van der Waals surface area (Å²) in [6.07, 6.45) is 89.7. The molecule has 0 fully saturated rings. The first-order valence-electron chi connectivity index (χ1n) is 39.5. The van der Waals surface area contributed by atoms with Gasteiger partial charge in [-0.2, -0.15) is 0 Å². The van der Waals surface area contributed by atoms with Crippen molar-refractivity contribution in [3.8, 4) is 0 Å². The topological polar surface area (TPSA) is 134 Å². The Bertz CT molecular complexity index is 1380. The van der Waals surface area contributed by atoms with E-state index >= 15 is 0 Å². The second-order valence-electron chi connectivity index (χ2n) is 27.3. The van der Waals surface area contributed by atoms with Gasteiger partial charge in [0.05, 0.1) is 13.2 Å². The van der Waals surface area contributed by atoms with E-state index in [0.717, 1.165) is 32.1 Å². The van der Waals surface area contributed by atoms with E-state index in [1.54, 1.807) is 0 Å². The highest BCUT2D eigenvalue weighted by Gasteiger charge is 2.26. The molecule has 0 saturated heterocycles. The van der Waals surface area contributed by atoms with Crippen LogP contribution in [0.4, 0.5) is 0 Å². The Hall–Kier alpha value is -0.990. The van der Waals surface area contributed by atoms with E-state index in [9.17, 15) is 19.0 Å². The van der Waals surface area contributed by atoms with Gasteiger partial charge in [0.2, 0.25) is 0 Å². The lowest BCUT2D eigenvalue weighted by molar-refractivity contribution is -0.161. The molecule has 0 aromatic rings. The van der Waals surface area contributed by atoms with E-state index in [-0.39, 0.29) is 32.1 Å². The van der Waals surface area contributed by atoms with Crippen molar-refractivity contribution in [3.63, 3.8) is 0 Å². The average molecular weight is 1250 g/mol. The van der Waals surface area contributed by atoms with Gasteiger partial charge in [-0.3, -0.25) is 18.6 Å². The molecule has 0 saturated carbocycles. The van der Waals surface area contributed by atoms with Crippen molar-refractivity contribution >= 4 is 19.8 Å². The minimum absolute atomic E-state index is 0.0590. The number of carbonyl (C=O) groups is 2. The maximum absolute atomic E-state index is 12.8. The molecule has 0 aliphatic carbocycles. The summed E-state index contributed by atoms with van der Waals surface area (Å²) < 4.78 is 33.3. The van der Waals surface area contributed by atoms with Crippen LogP contribution in [0.5, 0.6) is 0 Å². The van der Waals surface area contributed by atoms with Crippen molar-refractivity contribution in [1.29, 1.82) is 0 Å². The minimum atomic E-state index is -4.39. The largest absolute Gasteiger partial charge is 0.472 e. The van der Waals surface area contributed by atoms with Gasteiger partial charge >= 0.3 is 19.8 Å². The number of nitrogens with two attached hydrogens (primary N) is 1. The maximum Gasteiger partial charge on any atom is 0.472 e. The van der Waals surface area contributed by atoms with Gasteiger partial charge in [-0.05, 0) is 12.8 Å². The summed E-state index contributed by atoms with van der Waals surface area (Å²) in [5, 5.41) is 0. The van der Waals surface area contributed by atoms with Crippen LogP contribution in [-0.2, 0) is 32.7 Å². The van der Waals surface area contributed by atoms with E-state index in [0.29, 0.717) is 12.8 Å². The first-order chi connectivity index (χ1) is 42.8. The quantitative estimate of drug-likeness (QED) is 0.0347. The molecule has 0 rings (SSSR count). The second-order valence-corrected chi connectivity index (χ2v) is 28.8. The van der Waals surface area contributed by atoms with Gasteiger partial charge in [-0.1, -0.05) is 425 Å². The Morgan fingerprint density at radius 1 is 0.299 bits per heavy atom. The van der Waals surface area contributed by atoms with Crippen LogP contribution in [0.25, 0.3) is 0 Å². The van der Waals surface area contributed by atoms with Crippen LogP contribution in [0, 0.1) is 0 Å². The number of carbonyl (C=O) groups excluding carboxylic acids is 2. The number of esters is 2. The van der Waals surface area contributed by atoms with Crippen molar-refractivity contribution in [1.82, 2.24) is 0 Å². The van der Waals surface area contributed by atoms with Crippen LogP contribution in [0.1, 0.15) is 450 Å². The normalized spacial score (nSPS) is 12.7. The monoisotopic (exact) mass is 1250 g/mol. The highest BCUT2D eigenvalue weighted by atomic mass is 31.2. The van der Waals surface area contributed by atoms with Gasteiger partial charge in [0.1, 0.15) is 6.61 Å². The molecule has 10 heteroatoms. The van der Waals surface area contributed by atoms with E-state index in [1.165, 1.54) is 385 Å². The van der Waals surface area contributed by atoms with Crippen molar-refractivity contribution in [3.05, 3.63) is 0 Å². The Balaban J connectivity index is 3.73. The van der Waals surface area contributed by atoms with Crippen LogP contribution >= 0.6 is 7.82 Å². The molecular formula is C77H154NO8P. The van der Waals surface area contributed by atoms with Crippen molar-refractivity contribution in [2.45, 2.75) is 457 Å². The molecule has 0 heterocycles. The molecule has 0 aliphatic rings. The number of unbranched alkanes of at least 4 members (excludes halogenated alkanes) is 64. The zero-order valence-corrected chi connectivity index (χ0v) is 59.7. The molecule has 520 valence electrons. The van der Waals surface area contributed by atoms with Gasteiger partial charge in [0.15, 0.2) is 6.10 Å². The third-order valence-corrected chi connectivity index (χ3v) is 19.5. The summed E-state index contributed by atoms with van der Waals surface area (Å²) in [7, 11) is -4.39. The number of rotatable bonds is 77. The van der Waals surface area contributed by atoms with E-state index in [2.05, 4.69) is 13.8 Å². The van der Waals surface area contributed by atoms with Gasteiger partial charge in [-0.25, -0.2) is 4.57 Å². The predicted molar refractivity (Wildman–Crippen MR) is 377 cm³/mol.